The molecule has 5 nitrogen and oxygen atoms in total. The highest BCUT2D eigenvalue weighted by molar-refractivity contribution is 5.77. The number of amides is 1. The Labute approximate surface area is 171 Å². The molecule has 1 amide bonds. The van der Waals surface area contributed by atoms with Crippen LogP contribution in [0.15, 0.2) is 42.5 Å². The third-order valence-electron chi connectivity index (χ3n) is 5.75. The predicted octanol–water partition coefficient (Wildman–Crippen LogP) is 2.63. The second kappa shape index (κ2) is 9.27. The van der Waals surface area contributed by atoms with E-state index in [0.717, 1.165) is 57.0 Å². The molecule has 1 aliphatic carbocycles. The van der Waals surface area contributed by atoms with Crippen molar-refractivity contribution in [2.75, 3.05) is 50.8 Å². The van der Waals surface area contributed by atoms with Crippen molar-refractivity contribution in [2.24, 2.45) is 0 Å². The first-order valence-electron chi connectivity index (χ1n) is 10.4. The summed E-state index contributed by atoms with van der Waals surface area (Å²) in [6.07, 6.45) is 3.46. The van der Waals surface area contributed by atoms with Crippen LogP contribution in [0.3, 0.4) is 0 Å². The number of nitrogens with one attached hydrogen (secondary N) is 1. The molecule has 1 fully saturated rings. The average Bonchev–Trinajstić information content (AvgIpc) is 3.21. The van der Waals surface area contributed by atoms with Gasteiger partial charge in [-0.15, -0.1) is 0 Å². The number of hydrogen-bond donors (Lipinski definition) is 1. The van der Waals surface area contributed by atoms with Crippen molar-refractivity contribution < 1.29 is 13.9 Å². The van der Waals surface area contributed by atoms with Gasteiger partial charge in [-0.1, -0.05) is 6.07 Å². The molecule has 2 aromatic rings. The first-order chi connectivity index (χ1) is 14.2. The van der Waals surface area contributed by atoms with Crippen molar-refractivity contribution in [2.45, 2.75) is 19.3 Å². The van der Waals surface area contributed by atoms with Gasteiger partial charge >= 0.3 is 0 Å². The minimum atomic E-state index is -0.205. The molecule has 0 radical (unpaired) electrons. The zero-order valence-electron chi connectivity index (χ0n) is 16.7. The molecular weight excluding hydrogens is 369 g/mol. The van der Waals surface area contributed by atoms with Crippen LogP contribution >= 0.6 is 0 Å². The molecule has 1 N–H and O–H groups in total. The summed E-state index contributed by atoms with van der Waals surface area (Å²) in [6.45, 7) is 5.15. The SMILES string of the molecule is O=C(COc1ccc2c(c1)CCC2)NCCN1CCN(c2ccc(F)cc2)CC1. The normalized spacial score (nSPS) is 16.5. The van der Waals surface area contributed by atoms with E-state index in [1.54, 1.807) is 0 Å². The van der Waals surface area contributed by atoms with Crippen molar-refractivity contribution in [3.63, 3.8) is 0 Å². The highest BCUT2D eigenvalue weighted by Crippen LogP contribution is 2.25. The predicted molar refractivity (Wildman–Crippen MR) is 112 cm³/mol. The lowest BCUT2D eigenvalue weighted by Crippen LogP contribution is -2.48. The topological polar surface area (TPSA) is 44.8 Å². The maximum absolute atomic E-state index is 13.1. The van der Waals surface area contributed by atoms with Gasteiger partial charge in [-0.3, -0.25) is 9.69 Å². The van der Waals surface area contributed by atoms with Crippen LogP contribution in [0.2, 0.25) is 0 Å². The van der Waals surface area contributed by atoms with Crippen molar-refractivity contribution in [1.29, 1.82) is 0 Å². The molecule has 1 saturated heterocycles. The minimum absolute atomic E-state index is 0.0527. The highest BCUT2D eigenvalue weighted by Gasteiger charge is 2.17. The molecule has 1 aliphatic heterocycles. The molecule has 4 rings (SSSR count). The minimum Gasteiger partial charge on any atom is -0.484 e. The third-order valence-corrected chi connectivity index (χ3v) is 5.75. The first kappa shape index (κ1) is 19.7. The number of aryl methyl sites for hydroxylation is 2. The fraction of sp³-hybridized carbons (Fsp3) is 0.435. The van der Waals surface area contributed by atoms with Crippen molar-refractivity contribution >= 4 is 11.6 Å². The Balaban J connectivity index is 1.13. The second-order valence-electron chi connectivity index (χ2n) is 7.73. The van der Waals surface area contributed by atoms with Crippen LogP contribution in [-0.2, 0) is 17.6 Å². The molecule has 0 bridgehead atoms. The molecule has 0 spiro atoms. The summed E-state index contributed by atoms with van der Waals surface area (Å²) >= 11 is 0. The number of ether oxygens (including phenoxy) is 1. The van der Waals surface area contributed by atoms with Gasteiger partial charge in [0.1, 0.15) is 11.6 Å². The fourth-order valence-corrected chi connectivity index (χ4v) is 4.07. The average molecular weight is 397 g/mol. The number of carbonyl (C=O) groups is 1. The zero-order chi connectivity index (χ0) is 20.1. The van der Waals surface area contributed by atoms with Gasteiger partial charge in [-0.05, 0) is 66.8 Å². The molecule has 154 valence electrons. The van der Waals surface area contributed by atoms with Gasteiger partial charge in [-0.2, -0.15) is 0 Å². The zero-order valence-corrected chi connectivity index (χ0v) is 16.7. The lowest BCUT2D eigenvalue weighted by Gasteiger charge is -2.36. The van der Waals surface area contributed by atoms with E-state index in [4.69, 9.17) is 4.74 Å². The summed E-state index contributed by atoms with van der Waals surface area (Å²) in [6, 6.07) is 12.8. The number of rotatable bonds is 7. The Bertz CT molecular complexity index is 833. The molecule has 0 saturated carbocycles. The van der Waals surface area contributed by atoms with Crippen molar-refractivity contribution in [3.05, 3.63) is 59.4 Å². The van der Waals surface area contributed by atoms with E-state index in [-0.39, 0.29) is 18.3 Å². The Morgan fingerprint density at radius 3 is 2.55 bits per heavy atom. The number of benzene rings is 2. The fourth-order valence-electron chi connectivity index (χ4n) is 4.07. The third kappa shape index (κ3) is 5.26. The summed E-state index contributed by atoms with van der Waals surface area (Å²) in [7, 11) is 0. The van der Waals surface area contributed by atoms with Crippen molar-refractivity contribution in [3.8, 4) is 5.75 Å². The van der Waals surface area contributed by atoms with E-state index >= 15 is 0 Å². The number of piperazine rings is 1. The summed E-state index contributed by atoms with van der Waals surface area (Å²) in [5.74, 6) is 0.483. The van der Waals surface area contributed by atoms with E-state index in [1.165, 1.54) is 29.7 Å². The molecule has 0 atom stereocenters. The van der Waals surface area contributed by atoms with Crippen LogP contribution in [0.25, 0.3) is 0 Å². The van der Waals surface area contributed by atoms with Gasteiger partial charge < -0.3 is 15.0 Å². The van der Waals surface area contributed by atoms with E-state index in [1.807, 2.05) is 18.2 Å². The maximum Gasteiger partial charge on any atom is 0.257 e. The molecular formula is C23H28FN3O2. The number of carbonyl (C=O) groups excluding carboxylic acids is 1. The summed E-state index contributed by atoms with van der Waals surface area (Å²) < 4.78 is 18.7. The van der Waals surface area contributed by atoms with E-state index in [0.29, 0.717) is 6.54 Å². The van der Waals surface area contributed by atoms with Crippen LogP contribution in [0, 0.1) is 5.82 Å². The standard InChI is InChI=1S/C23H28FN3O2/c24-20-5-7-21(8-6-20)27-14-12-26(13-15-27)11-10-25-23(28)17-29-22-9-4-18-2-1-3-19(18)16-22/h4-9,16H,1-3,10-15,17H2,(H,25,28). The Morgan fingerprint density at radius 2 is 1.76 bits per heavy atom. The molecule has 6 heteroatoms. The maximum atomic E-state index is 13.1. The number of fused-ring (bicyclic) bond motifs is 1. The van der Waals surface area contributed by atoms with Crippen LogP contribution in [-0.4, -0.2) is 56.7 Å². The van der Waals surface area contributed by atoms with Gasteiger partial charge in [0, 0.05) is 45.0 Å². The molecule has 2 aliphatic rings. The van der Waals surface area contributed by atoms with Gasteiger partial charge in [0.2, 0.25) is 0 Å². The second-order valence-corrected chi connectivity index (χ2v) is 7.73. The monoisotopic (exact) mass is 397 g/mol. The van der Waals surface area contributed by atoms with Crippen LogP contribution in [0.5, 0.6) is 5.75 Å². The van der Waals surface area contributed by atoms with Crippen LogP contribution < -0.4 is 15.0 Å². The lowest BCUT2D eigenvalue weighted by atomic mass is 10.1. The molecule has 1 heterocycles. The van der Waals surface area contributed by atoms with Gasteiger partial charge in [0.25, 0.3) is 5.91 Å². The summed E-state index contributed by atoms with van der Waals surface area (Å²) in [5, 5.41) is 2.94. The van der Waals surface area contributed by atoms with Gasteiger partial charge in [0.05, 0.1) is 0 Å². The van der Waals surface area contributed by atoms with Crippen LogP contribution in [0.4, 0.5) is 10.1 Å². The quantitative estimate of drug-likeness (QED) is 0.780. The first-order valence-corrected chi connectivity index (χ1v) is 10.4. The number of halogens is 1. The lowest BCUT2D eigenvalue weighted by molar-refractivity contribution is -0.123. The summed E-state index contributed by atoms with van der Waals surface area (Å²) in [4.78, 5) is 16.7. The van der Waals surface area contributed by atoms with Crippen molar-refractivity contribution in [1.82, 2.24) is 10.2 Å². The Morgan fingerprint density at radius 1 is 1.00 bits per heavy atom. The van der Waals surface area contributed by atoms with Crippen LogP contribution in [0.1, 0.15) is 17.5 Å². The molecule has 2 aromatic carbocycles. The molecule has 0 unspecified atom stereocenters. The van der Waals surface area contributed by atoms with E-state index in [2.05, 4.69) is 27.2 Å². The van der Waals surface area contributed by atoms with Gasteiger partial charge in [-0.25, -0.2) is 4.39 Å². The van der Waals surface area contributed by atoms with E-state index in [9.17, 15) is 9.18 Å². The van der Waals surface area contributed by atoms with E-state index < -0.39 is 0 Å². The molecule has 0 aromatic heterocycles. The number of hydrogen-bond acceptors (Lipinski definition) is 4. The Hall–Kier alpha value is -2.60. The Kier molecular flexibility index (Phi) is 6.30. The smallest absolute Gasteiger partial charge is 0.257 e. The summed E-state index contributed by atoms with van der Waals surface area (Å²) in [5.41, 5.74) is 3.81. The van der Waals surface area contributed by atoms with Gasteiger partial charge in [0.15, 0.2) is 6.61 Å². The largest absolute Gasteiger partial charge is 0.484 e. The number of nitrogens with zero attached hydrogens (tertiary/aromatic N) is 2. The molecule has 29 heavy (non-hydrogen) atoms. The number of anilines is 1. The highest BCUT2D eigenvalue weighted by atomic mass is 19.1.